The Morgan fingerprint density at radius 1 is 0.697 bits per heavy atom. The largest absolute Gasteiger partial charge is 0.497 e. The van der Waals surface area contributed by atoms with Gasteiger partial charge in [0.1, 0.15) is 17.2 Å². The van der Waals surface area contributed by atoms with Gasteiger partial charge in [0.15, 0.2) is 0 Å². The van der Waals surface area contributed by atoms with Gasteiger partial charge < -0.3 is 24.0 Å². The number of nitrogens with zero attached hydrogens (tertiary/aromatic N) is 3. The average molecular weight is 448 g/mol. The third kappa shape index (κ3) is 4.26. The van der Waals surface area contributed by atoms with Gasteiger partial charge in [-0.2, -0.15) is 0 Å². The molecule has 0 N–H and O–H groups in total. The minimum Gasteiger partial charge on any atom is -0.497 e. The lowest BCUT2D eigenvalue weighted by molar-refractivity contribution is 0.394. The van der Waals surface area contributed by atoms with Crippen molar-refractivity contribution >= 4 is 22.3 Å². The fourth-order valence-corrected chi connectivity index (χ4v) is 5.24. The van der Waals surface area contributed by atoms with Crippen molar-refractivity contribution < 1.29 is 14.2 Å². The second-order valence-corrected chi connectivity index (χ2v) is 8.87. The number of aromatic nitrogens is 1. The number of pyridine rings is 1. The van der Waals surface area contributed by atoms with Crippen molar-refractivity contribution in [3.05, 3.63) is 47.7 Å². The summed E-state index contributed by atoms with van der Waals surface area (Å²) >= 11 is 0. The van der Waals surface area contributed by atoms with Crippen LogP contribution >= 0.6 is 0 Å². The first-order chi connectivity index (χ1) is 16.2. The van der Waals surface area contributed by atoms with E-state index in [9.17, 15) is 0 Å². The van der Waals surface area contributed by atoms with Crippen LogP contribution in [0.5, 0.6) is 17.2 Å². The molecule has 174 valence electrons. The summed E-state index contributed by atoms with van der Waals surface area (Å²) in [4.78, 5) is 10.1. The molecular formula is C27H33N3O3. The highest BCUT2D eigenvalue weighted by Gasteiger charge is 2.25. The minimum atomic E-state index is 0.826. The number of aryl methyl sites for hydroxylation is 1. The van der Waals surface area contributed by atoms with Crippen molar-refractivity contribution in [2.75, 3.05) is 57.3 Å². The van der Waals surface area contributed by atoms with E-state index >= 15 is 0 Å². The van der Waals surface area contributed by atoms with Crippen molar-refractivity contribution in [2.45, 2.75) is 32.1 Å². The van der Waals surface area contributed by atoms with Crippen molar-refractivity contribution in [1.82, 2.24) is 4.98 Å². The maximum Gasteiger partial charge on any atom is 0.124 e. The molecule has 6 nitrogen and oxygen atoms in total. The fourth-order valence-electron chi connectivity index (χ4n) is 5.24. The summed E-state index contributed by atoms with van der Waals surface area (Å²) in [5.41, 5.74) is 6.33. The van der Waals surface area contributed by atoms with Crippen LogP contribution in [0.2, 0.25) is 0 Å². The Balaban J connectivity index is 1.50. The SMILES string of the molecule is COc1cc(OC)cc(N2CCCN(c3c4c(nc5ccc(OC)cc35)CCCC4)CC2)c1. The van der Waals surface area contributed by atoms with E-state index in [1.165, 1.54) is 35.2 Å². The lowest BCUT2D eigenvalue weighted by Gasteiger charge is -2.30. The molecule has 5 rings (SSSR count). The van der Waals surface area contributed by atoms with Crippen LogP contribution in [0.15, 0.2) is 36.4 Å². The van der Waals surface area contributed by atoms with E-state index in [1.807, 2.05) is 12.1 Å². The van der Waals surface area contributed by atoms with Crippen LogP contribution in [-0.2, 0) is 12.8 Å². The van der Waals surface area contributed by atoms with Crippen LogP contribution in [0.1, 0.15) is 30.5 Å². The molecule has 0 radical (unpaired) electrons. The maximum atomic E-state index is 5.57. The molecule has 33 heavy (non-hydrogen) atoms. The van der Waals surface area contributed by atoms with Gasteiger partial charge in [0.05, 0.1) is 32.5 Å². The van der Waals surface area contributed by atoms with E-state index in [4.69, 9.17) is 19.2 Å². The fraction of sp³-hybridized carbons (Fsp3) is 0.444. The second-order valence-electron chi connectivity index (χ2n) is 8.87. The molecule has 1 fully saturated rings. The Hall–Kier alpha value is -3.15. The van der Waals surface area contributed by atoms with Gasteiger partial charge in [0.25, 0.3) is 0 Å². The molecule has 1 aliphatic heterocycles. The number of hydrogen-bond donors (Lipinski definition) is 0. The molecule has 2 heterocycles. The Morgan fingerprint density at radius 3 is 2.15 bits per heavy atom. The first kappa shape index (κ1) is 21.7. The van der Waals surface area contributed by atoms with Crippen LogP contribution < -0.4 is 24.0 Å². The number of fused-ring (bicyclic) bond motifs is 2. The van der Waals surface area contributed by atoms with Gasteiger partial charge in [-0.25, -0.2) is 0 Å². The van der Waals surface area contributed by atoms with E-state index in [0.717, 1.165) is 73.9 Å². The Kier molecular flexibility index (Phi) is 6.16. The lowest BCUT2D eigenvalue weighted by atomic mass is 9.92. The summed E-state index contributed by atoms with van der Waals surface area (Å²) in [6, 6.07) is 12.4. The molecule has 1 aliphatic carbocycles. The Bertz CT molecular complexity index is 1120. The summed E-state index contributed by atoms with van der Waals surface area (Å²) < 4.78 is 16.6. The number of methoxy groups -OCH3 is 3. The smallest absolute Gasteiger partial charge is 0.124 e. The number of anilines is 2. The second kappa shape index (κ2) is 9.38. The summed E-state index contributed by atoms with van der Waals surface area (Å²) in [6.45, 7) is 3.93. The standard InChI is InChI=1S/C27H33N3O3/c1-31-20-9-10-26-24(18-20)27(23-7-4-5-8-25(23)28-26)30-12-6-11-29(13-14-30)19-15-21(32-2)17-22(16-19)33-3/h9-10,15-18H,4-8,11-14H2,1-3H3. The Labute approximate surface area is 196 Å². The summed E-state index contributed by atoms with van der Waals surface area (Å²) in [7, 11) is 5.14. The zero-order valence-corrected chi connectivity index (χ0v) is 19.9. The molecule has 3 aromatic rings. The normalized spacial score (nSPS) is 16.3. The van der Waals surface area contributed by atoms with Crippen LogP contribution in [0, 0.1) is 0 Å². The predicted molar refractivity (Wildman–Crippen MR) is 134 cm³/mol. The molecule has 0 spiro atoms. The number of rotatable bonds is 5. The molecular weight excluding hydrogens is 414 g/mol. The molecule has 2 aromatic carbocycles. The molecule has 0 bridgehead atoms. The average Bonchev–Trinajstić information content (AvgIpc) is 3.12. The highest BCUT2D eigenvalue weighted by molar-refractivity contribution is 5.95. The van der Waals surface area contributed by atoms with Crippen LogP contribution in [-0.4, -0.2) is 52.5 Å². The van der Waals surface area contributed by atoms with Crippen molar-refractivity contribution in [3.8, 4) is 17.2 Å². The molecule has 1 aromatic heterocycles. The quantitative estimate of drug-likeness (QED) is 0.557. The number of hydrogen-bond acceptors (Lipinski definition) is 6. The van der Waals surface area contributed by atoms with Gasteiger partial charge in [-0.15, -0.1) is 0 Å². The van der Waals surface area contributed by atoms with E-state index in [-0.39, 0.29) is 0 Å². The molecule has 2 aliphatic rings. The zero-order chi connectivity index (χ0) is 22.8. The molecule has 0 atom stereocenters. The molecule has 0 amide bonds. The van der Waals surface area contributed by atoms with Gasteiger partial charge in [-0.3, -0.25) is 4.98 Å². The third-order valence-corrected chi connectivity index (χ3v) is 6.95. The van der Waals surface area contributed by atoms with E-state index in [2.05, 4.69) is 34.1 Å². The number of ether oxygens (including phenoxy) is 3. The number of benzene rings is 2. The van der Waals surface area contributed by atoms with Gasteiger partial charge in [-0.1, -0.05) is 0 Å². The van der Waals surface area contributed by atoms with Gasteiger partial charge in [-0.05, 0) is 55.9 Å². The summed E-state index contributed by atoms with van der Waals surface area (Å²) in [5.74, 6) is 2.54. The van der Waals surface area contributed by atoms with E-state index < -0.39 is 0 Å². The predicted octanol–water partition coefficient (Wildman–Crippen LogP) is 4.86. The van der Waals surface area contributed by atoms with Crippen LogP contribution in [0.3, 0.4) is 0 Å². The van der Waals surface area contributed by atoms with Crippen molar-refractivity contribution in [2.24, 2.45) is 0 Å². The van der Waals surface area contributed by atoms with Gasteiger partial charge in [0, 0.05) is 61.1 Å². The monoisotopic (exact) mass is 447 g/mol. The van der Waals surface area contributed by atoms with Crippen LogP contribution in [0.4, 0.5) is 11.4 Å². The van der Waals surface area contributed by atoms with E-state index in [0.29, 0.717) is 0 Å². The lowest BCUT2D eigenvalue weighted by Crippen LogP contribution is -2.32. The third-order valence-electron chi connectivity index (χ3n) is 6.95. The van der Waals surface area contributed by atoms with Crippen LogP contribution in [0.25, 0.3) is 10.9 Å². The van der Waals surface area contributed by atoms with Crippen molar-refractivity contribution in [1.29, 1.82) is 0 Å². The highest BCUT2D eigenvalue weighted by Crippen LogP contribution is 2.38. The summed E-state index contributed by atoms with van der Waals surface area (Å²) in [5, 5.41) is 1.21. The van der Waals surface area contributed by atoms with Crippen molar-refractivity contribution in [3.63, 3.8) is 0 Å². The van der Waals surface area contributed by atoms with E-state index in [1.54, 1.807) is 21.3 Å². The summed E-state index contributed by atoms with van der Waals surface area (Å²) in [6.07, 6.45) is 5.74. The first-order valence-corrected chi connectivity index (χ1v) is 11.9. The maximum absolute atomic E-state index is 5.57. The molecule has 0 saturated carbocycles. The molecule has 0 unspecified atom stereocenters. The highest BCUT2D eigenvalue weighted by atomic mass is 16.5. The zero-order valence-electron chi connectivity index (χ0n) is 19.9. The topological polar surface area (TPSA) is 47.1 Å². The molecule has 1 saturated heterocycles. The Morgan fingerprint density at radius 2 is 1.39 bits per heavy atom. The van der Waals surface area contributed by atoms with Gasteiger partial charge >= 0.3 is 0 Å². The van der Waals surface area contributed by atoms with Gasteiger partial charge in [0.2, 0.25) is 0 Å². The minimum absolute atomic E-state index is 0.826. The first-order valence-electron chi connectivity index (χ1n) is 11.9. The molecule has 6 heteroatoms.